The lowest BCUT2D eigenvalue weighted by Crippen LogP contribution is -2.06. The largest absolute Gasteiger partial charge is 0.382 e. The molecule has 92 valence electrons. The van der Waals surface area contributed by atoms with Gasteiger partial charge in [0.05, 0.1) is 5.69 Å². The first-order valence-corrected chi connectivity index (χ1v) is 5.50. The predicted octanol–water partition coefficient (Wildman–Crippen LogP) is 0.856. The first-order valence-electron chi connectivity index (χ1n) is 5.50. The van der Waals surface area contributed by atoms with Crippen molar-refractivity contribution in [2.45, 2.75) is 13.8 Å². The summed E-state index contributed by atoms with van der Waals surface area (Å²) < 4.78 is 1.41. The molecule has 2 aromatic rings. The van der Waals surface area contributed by atoms with Gasteiger partial charge in [-0.1, -0.05) is 0 Å². The van der Waals surface area contributed by atoms with Crippen LogP contribution in [0.4, 0.5) is 11.6 Å². The molecule has 7 nitrogen and oxygen atoms in total. The lowest BCUT2D eigenvalue weighted by Gasteiger charge is -2.01. The third kappa shape index (κ3) is 1.96. The smallest absolute Gasteiger partial charge is 0.178 e. The van der Waals surface area contributed by atoms with E-state index in [2.05, 4.69) is 20.6 Å². The number of nitrogens with one attached hydrogen (secondary N) is 1. The Labute approximate surface area is 104 Å². The van der Waals surface area contributed by atoms with Crippen LogP contribution in [0.5, 0.6) is 0 Å². The van der Waals surface area contributed by atoms with Crippen molar-refractivity contribution in [3.8, 4) is 11.9 Å². The van der Waals surface area contributed by atoms with Crippen molar-refractivity contribution in [2.24, 2.45) is 0 Å². The molecule has 0 radical (unpaired) electrons. The van der Waals surface area contributed by atoms with Gasteiger partial charge in [0.15, 0.2) is 11.6 Å². The van der Waals surface area contributed by atoms with Crippen LogP contribution < -0.4 is 11.1 Å². The highest BCUT2D eigenvalue weighted by Crippen LogP contribution is 2.22. The van der Waals surface area contributed by atoms with E-state index in [1.165, 1.54) is 4.68 Å². The lowest BCUT2D eigenvalue weighted by molar-refractivity contribution is 0.814. The first kappa shape index (κ1) is 11.9. The number of hydrogen-bond donors (Lipinski definition) is 2. The van der Waals surface area contributed by atoms with Crippen LogP contribution in [-0.4, -0.2) is 26.5 Å². The van der Waals surface area contributed by atoms with Gasteiger partial charge in [0, 0.05) is 6.54 Å². The molecule has 2 heterocycles. The molecule has 0 saturated heterocycles. The zero-order valence-electron chi connectivity index (χ0n) is 10.2. The molecule has 0 saturated carbocycles. The van der Waals surface area contributed by atoms with Crippen LogP contribution in [0, 0.1) is 18.3 Å². The minimum absolute atomic E-state index is 0.256. The number of anilines is 2. The van der Waals surface area contributed by atoms with Crippen LogP contribution in [0.15, 0.2) is 12.1 Å². The molecule has 0 aliphatic rings. The van der Waals surface area contributed by atoms with Crippen molar-refractivity contribution in [3.63, 3.8) is 0 Å². The number of nitrogen functional groups attached to an aromatic ring is 1. The number of nitrogens with zero attached hydrogens (tertiary/aromatic N) is 5. The summed E-state index contributed by atoms with van der Waals surface area (Å²) in [5.41, 5.74) is 7.01. The van der Waals surface area contributed by atoms with Crippen LogP contribution >= 0.6 is 0 Å². The van der Waals surface area contributed by atoms with Gasteiger partial charge in [-0.05, 0) is 26.0 Å². The second-order valence-electron chi connectivity index (χ2n) is 3.70. The van der Waals surface area contributed by atoms with Crippen LogP contribution in [0.1, 0.15) is 18.2 Å². The number of aryl methyl sites for hydroxylation is 1. The van der Waals surface area contributed by atoms with E-state index in [1.807, 2.05) is 26.0 Å². The summed E-state index contributed by atoms with van der Waals surface area (Å²) in [6.07, 6.45) is 0. The van der Waals surface area contributed by atoms with E-state index in [9.17, 15) is 0 Å². The molecule has 2 rings (SSSR count). The number of nitriles is 1. The van der Waals surface area contributed by atoms with Crippen molar-refractivity contribution in [2.75, 3.05) is 17.6 Å². The molecular formula is C11H13N7. The van der Waals surface area contributed by atoms with Crippen molar-refractivity contribution in [3.05, 3.63) is 23.4 Å². The summed E-state index contributed by atoms with van der Waals surface area (Å²) in [6.45, 7) is 4.42. The van der Waals surface area contributed by atoms with E-state index in [0.717, 1.165) is 5.69 Å². The second kappa shape index (κ2) is 4.71. The van der Waals surface area contributed by atoms with Crippen molar-refractivity contribution in [1.82, 2.24) is 20.0 Å². The van der Waals surface area contributed by atoms with Crippen molar-refractivity contribution >= 4 is 11.6 Å². The molecule has 0 bridgehead atoms. The van der Waals surface area contributed by atoms with E-state index in [4.69, 9.17) is 11.0 Å². The summed E-state index contributed by atoms with van der Waals surface area (Å²) >= 11 is 0. The van der Waals surface area contributed by atoms with Gasteiger partial charge in [-0.15, -0.1) is 10.2 Å². The minimum Gasteiger partial charge on any atom is -0.382 e. The maximum atomic E-state index is 9.07. The third-order valence-corrected chi connectivity index (χ3v) is 2.38. The van der Waals surface area contributed by atoms with Crippen LogP contribution in [0.25, 0.3) is 5.82 Å². The second-order valence-corrected chi connectivity index (χ2v) is 3.70. The Kier molecular flexibility index (Phi) is 3.10. The molecule has 0 atom stereocenters. The maximum Gasteiger partial charge on any atom is 0.178 e. The lowest BCUT2D eigenvalue weighted by atomic mass is 10.3. The Hall–Kier alpha value is -2.62. The molecule has 0 amide bonds. The van der Waals surface area contributed by atoms with E-state index < -0.39 is 0 Å². The fourth-order valence-corrected chi connectivity index (χ4v) is 1.51. The highest BCUT2D eigenvalue weighted by Gasteiger charge is 2.16. The molecule has 18 heavy (non-hydrogen) atoms. The number of rotatable bonds is 3. The Bertz CT molecular complexity index is 591. The number of aromatic nitrogens is 4. The minimum atomic E-state index is 0.256. The Morgan fingerprint density at radius 3 is 2.78 bits per heavy atom. The predicted molar refractivity (Wildman–Crippen MR) is 67.2 cm³/mol. The van der Waals surface area contributed by atoms with Gasteiger partial charge in [0.25, 0.3) is 0 Å². The zero-order chi connectivity index (χ0) is 13.1. The van der Waals surface area contributed by atoms with Gasteiger partial charge in [-0.2, -0.15) is 15.0 Å². The first-order chi connectivity index (χ1) is 8.67. The standard InChI is InChI=1S/C11H13N7/c1-3-14-11-8(6-12)10(13)18(17-11)9-5-4-7(2)15-16-9/h4-5H,3,13H2,1-2H3,(H,14,17). The maximum absolute atomic E-state index is 9.07. The molecule has 3 N–H and O–H groups in total. The molecule has 0 spiro atoms. The van der Waals surface area contributed by atoms with Gasteiger partial charge in [-0.3, -0.25) is 0 Å². The molecular weight excluding hydrogens is 230 g/mol. The fraction of sp³-hybridized carbons (Fsp3) is 0.273. The van der Waals surface area contributed by atoms with E-state index in [-0.39, 0.29) is 5.82 Å². The monoisotopic (exact) mass is 243 g/mol. The van der Waals surface area contributed by atoms with Crippen LogP contribution in [0.3, 0.4) is 0 Å². The Balaban J connectivity index is 2.52. The molecule has 0 aromatic carbocycles. The molecule has 0 fully saturated rings. The fourth-order valence-electron chi connectivity index (χ4n) is 1.51. The Morgan fingerprint density at radius 2 is 2.22 bits per heavy atom. The van der Waals surface area contributed by atoms with Gasteiger partial charge in [0.2, 0.25) is 0 Å². The summed E-state index contributed by atoms with van der Waals surface area (Å²) in [6, 6.07) is 5.59. The van der Waals surface area contributed by atoms with Gasteiger partial charge >= 0.3 is 0 Å². The highest BCUT2D eigenvalue weighted by molar-refractivity contribution is 5.65. The third-order valence-electron chi connectivity index (χ3n) is 2.38. The van der Waals surface area contributed by atoms with Gasteiger partial charge in [-0.25, -0.2) is 0 Å². The van der Waals surface area contributed by atoms with Crippen molar-refractivity contribution < 1.29 is 0 Å². The summed E-state index contributed by atoms with van der Waals surface area (Å²) in [5.74, 6) is 1.20. The molecule has 0 unspecified atom stereocenters. The Morgan fingerprint density at radius 1 is 1.44 bits per heavy atom. The van der Waals surface area contributed by atoms with Crippen LogP contribution in [0.2, 0.25) is 0 Å². The van der Waals surface area contributed by atoms with E-state index in [1.54, 1.807) is 6.07 Å². The number of hydrogen-bond acceptors (Lipinski definition) is 6. The summed E-state index contributed by atoms with van der Waals surface area (Å²) in [4.78, 5) is 0. The zero-order valence-corrected chi connectivity index (χ0v) is 10.2. The average molecular weight is 243 g/mol. The SMILES string of the molecule is CCNc1nn(-c2ccc(C)nn2)c(N)c1C#N. The average Bonchev–Trinajstić information content (AvgIpc) is 2.67. The number of nitrogens with two attached hydrogens (primary N) is 1. The van der Waals surface area contributed by atoms with E-state index in [0.29, 0.717) is 23.7 Å². The molecule has 2 aromatic heterocycles. The van der Waals surface area contributed by atoms with Crippen molar-refractivity contribution in [1.29, 1.82) is 5.26 Å². The van der Waals surface area contributed by atoms with E-state index >= 15 is 0 Å². The van der Waals surface area contributed by atoms with Gasteiger partial charge in [0.1, 0.15) is 17.5 Å². The molecule has 0 aliphatic carbocycles. The summed E-state index contributed by atoms with van der Waals surface area (Å²) in [7, 11) is 0. The molecule has 0 aliphatic heterocycles. The topological polar surface area (TPSA) is 105 Å². The summed E-state index contributed by atoms with van der Waals surface area (Å²) in [5, 5.41) is 24.2. The highest BCUT2D eigenvalue weighted by atomic mass is 15.4. The molecule has 7 heteroatoms. The normalized spacial score (nSPS) is 10.1. The quantitative estimate of drug-likeness (QED) is 0.828. The van der Waals surface area contributed by atoms with Gasteiger partial charge < -0.3 is 11.1 Å². The van der Waals surface area contributed by atoms with Crippen LogP contribution in [-0.2, 0) is 0 Å².